The van der Waals surface area contributed by atoms with Crippen molar-refractivity contribution in [3.8, 4) is 0 Å². The summed E-state index contributed by atoms with van der Waals surface area (Å²) in [5, 5.41) is 6.22. The largest absolute Gasteiger partial charge is 0.379 e. The lowest BCUT2D eigenvalue weighted by Gasteiger charge is -2.27. The Labute approximate surface area is 127 Å². The van der Waals surface area contributed by atoms with Crippen LogP contribution in [0, 0.1) is 5.92 Å². The van der Waals surface area contributed by atoms with E-state index in [0.29, 0.717) is 0 Å². The SMILES string of the molecule is [B]1N[B]N(CCC2CCCCCCCCCCC2)[B]N1. The zero-order valence-electron chi connectivity index (χ0n) is 12.9. The Kier molecular flexibility index (Phi) is 8.84. The van der Waals surface area contributed by atoms with Crippen LogP contribution in [0.15, 0.2) is 0 Å². The molecule has 0 unspecified atom stereocenters. The second-order valence-electron chi connectivity index (χ2n) is 6.39. The quantitative estimate of drug-likeness (QED) is 0.772. The average molecular weight is 272 g/mol. The topological polar surface area (TPSA) is 27.3 Å². The Morgan fingerprint density at radius 3 is 1.80 bits per heavy atom. The van der Waals surface area contributed by atoms with Crippen molar-refractivity contribution in [1.82, 2.24) is 15.0 Å². The van der Waals surface area contributed by atoms with Gasteiger partial charge in [-0.05, 0) is 18.9 Å². The van der Waals surface area contributed by atoms with Crippen LogP contribution in [0.25, 0.3) is 0 Å². The van der Waals surface area contributed by atoms with E-state index in [4.69, 9.17) is 0 Å². The summed E-state index contributed by atoms with van der Waals surface area (Å²) in [6, 6.07) is 0. The second-order valence-corrected chi connectivity index (χ2v) is 6.39. The van der Waals surface area contributed by atoms with E-state index < -0.39 is 0 Å². The molecule has 2 fully saturated rings. The van der Waals surface area contributed by atoms with E-state index in [9.17, 15) is 0 Å². The highest BCUT2D eigenvalue weighted by Crippen LogP contribution is 2.23. The molecule has 2 aliphatic rings. The molecule has 0 aromatic rings. The molecule has 0 bridgehead atoms. The maximum Gasteiger partial charge on any atom is 0.287 e. The predicted molar refractivity (Wildman–Crippen MR) is 89.1 cm³/mol. The molecule has 0 aromatic carbocycles. The van der Waals surface area contributed by atoms with Crippen LogP contribution >= 0.6 is 0 Å². The van der Waals surface area contributed by atoms with E-state index in [1.807, 2.05) is 22.6 Å². The lowest BCUT2D eigenvalue weighted by Crippen LogP contribution is -2.58. The fourth-order valence-corrected chi connectivity index (χ4v) is 3.35. The molecule has 0 spiro atoms. The molecule has 2 rings (SSSR count). The summed E-state index contributed by atoms with van der Waals surface area (Å²) >= 11 is 0. The maximum atomic E-state index is 3.11. The third-order valence-electron chi connectivity index (χ3n) is 4.67. The van der Waals surface area contributed by atoms with Crippen LogP contribution in [-0.2, 0) is 0 Å². The molecule has 1 saturated heterocycles. The first-order valence-corrected chi connectivity index (χ1v) is 8.71. The van der Waals surface area contributed by atoms with E-state index in [2.05, 4.69) is 15.0 Å². The van der Waals surface area contributed by atoms with Gasteiger partial charge in [0, 0.05) is 0 Å². The first-order valence-electron chi connectivity index (χ1n) is 8.71. The van der Waals surface area contributed by atoms with Gasteiger partial charge in [0.2, 0.25) is 0 Å². The fraction of sp³-hybridized carbons (Fsp3) is 1.00. The van der Waals surface area contributed by atoms with Crippen molar-refractivity contribution in [1.29, 1.82) is 0 Å². The standard InChI is InChI=1S/C14H29B3N3/c1-2-4-6-8-10-14(11-9-7-5-3-1)12-13-20-16-18-15-19-17-20/h14,18-19H,1-13H2. The van der Waals surface area contributed by atoms with Crippen LogP contribution in [0.1, 0.15) is 77.0 Å². The van der Waals surface area contributed by atoms with Crippen molar-refractivity contribution in [3.05, 3.63) is 0 Å². The average Bonchev–Trinajstić information content (AvgIpc) is 2.48. The summed E-state index contributed by atoms with van der Waals surface area (Å²) in [5.74, 6) is 0.933. The van der Waals surface area contributed by atoms with Crippen molar-refractivity contribution in [2.24, 2.45) is 5.92 Å². The fourth-order valence-electron chi connectivity index (χ4n) is 3.35. The summed E-state index contributed by atoms with van der Waals surface area (Å²) in [7, 11) is 5.95. The number of nitrogens with zero attached hydrogens (tertiary/aromatic N) is 1. The van der Waals surface area contributed by atoms with Crippen molar-refractivity contribution >= 4 is 22.6 Å². The molecular formula is C14H29B3N3. The molecule has 1 aliphatic carbocycles. The van der Waals surface area contributed by atoms with Gasteiger partial charge < -0.3 is 15.0 Å². The number of rotatable bonds is 3. The molecule has 109 valence electrons. The van der Waals surface area contributed by atoms with E-state index >= 15 is 0 Å². The van der Waals surface area contributed by atoms with Crippen molar-refractivity contribution < 1.29 is 0 Å². The molecule has 0 aromatic heterocycles. The molecule has 1 heterocycles. The van der Waals surface area contributed by atoms with Crippen LogP contribution in [-0.4, -0.2) is 33.9 Å². The Balaban J connectivity index is 1.65. The highest BCUT2D eigenvalue weighted by atomic mass is 15.1. The summed E-state index contributed by atoms with van der Waals surface area (Å²) in [6.07, 6.45) is 17.4. The molecule has 1 saturated carbocycles. The predicted octanol–water partition coefficient (Wildman–Crippen LogP) is 2.39. The molecule has 0 amide bonds. The van der Waals surface area contributed by atoms with Crippen LogP contribution in [0.4, 0.5) is 0 Å². The first kappa shape index (κ1) is 16.4. The van der Waals surface area contributed by atoms with E-state index in [1.165, 1.54) is 77.0 Å². The number of hydrogen-bond acceptors (Lipinski definition) is 3. The molecule has 2 N–H and O–H groups in total. The Bertz CT molecular complexity index is 226. The third-order valence-corrected chi connectivity index (χ3v) is 4.67. The number of nitrogens with one attached hydrogen (secondary N) is 2. The Morgan fingerprint density at radius 1 is 0.750 bits per heavy atom. The summed E-state index contributed by atoms with van der Waals surface area (Å²) in [5.41, 5.74) is 0. The van der Waals surface area contributed by atoms with Crippen molar-refractivity contribution in [3.63, 3.8) is 0 Å². The highest BCUT2D eigenvalue weighted by Gasteiger charge is 2.16. The van der Waals surface area contributed by atoms with Gasteiger partial charge in [0.1, 0.15) is 0 Å². The normalized spacial score (nSPS) is 24.6. The van der Waals surface area contributed by atoms with Gasteiger partial charge in [0.05, 0.1) is 0 Å². The summed E-state index contributed by atoms with van der Waals surface area (Å²) in [4.78, 5) is 0. The van der Waals surface area contributed by atoms with Crippen molar-refractivity contribution in [2.75, 3.05) is 6.54 Å². The monoisotopic (exact) mass is 272 g/mol. The Morgan fingerprint density at radius 2 is 1.25 bits per heavy atom. The van der Waals surface area contributed by atoms with Gasteiger partial charge in [-0.15, -0.1) is 0 Å². The van der Waals surface area contributed by atoms with Gasteiger partial charge in [-0.25, -0.2) is 0 Å². The van der Waals surface area contributed by atoms with Gasteiger partial charge in [-0.3, -0.25) is 0 Å². The van der Waals surface area contributed by atoms with Gasteiger partial charge in [-0.2, -0.15) is 0 Å². The van der Waals surface area contributed by atoms with Gasteiger partial charge in [-0.1, -0.05) is 70.6 Å². The summed E-state index contributed by atoms with van der Waals surface area (Å²) in [6.45, 7) is 1.14. The van der Waals surface area contributed by atoms with E-state index in [0.717, 1.165) is 12.5 Å². The molecular weight excluding hydrogens is 243 g/mol. The van der Waals surface area contributed by atoms with Gasteiger partial charge in [0.15, 0.2) is 0 Å². The maximum absolute atomic E-state index is 3.11. The molecule has 3 radical (unpaired) electrons. The van der Waals surface area contributed by atoms with E-state index in [-0.39, 0.29) is 0 Å². The number of hydrogen-bond donors (Lipinski definition) is 2. The minimum atomic E-state index is 0.933. The first-order chi connectivity index (χ1) is 9.95. The molecule has 0 atom stereocenters. The minimum absolute atomic E-state index is 0.933. The van der Waals surface area contributed by atoms with E-state index in [1.54, 1.807) is 0 Å². The molecule has 6 heteroatoms. The minimum Gasteiger partial charge on any atom is -0.379 e. The highest BCUT2D eigenvalue weighted by molar-refractivity contribution is 6.65. The molecule has 3 nitrogen and oxygen atoms in total. The smallest absolute Gasteiger partial charge is 0.287 e. The lowest BCUT2D eigenvalue weighted by molar-refractivity contribution is 0.359. The van der Waals surface area contributed by atoms with Crippen LogP contribution in [0.5, 0.6) is 0 Å². The van der Waals surface area contributed by atoms with Gasteiger partial charge in [0.25, 0.3) is 22.6 Å². The van der Waals surface area contributed by atoms with Crippen LogP contribution in [0.2, 0.25) is 0 Å². The van der Waals surface area contributed by atoms with Gasteiger partial charge >= 0.3 is 0 Å². The molecule has 20 heavy (non-hydrogen) atoms. The second kappa shape index (κ2) is 10.8. The zero-order chi connectivity index (χ0) is 13.9. The lowest BCUT2D eigenvalue weighted by atomic mass is 9.79. The van der Waals surface area contributed by atoms with Crippen LogP contribution in [0.3, 0.4) is 0 Å². The third kappa shape index (κ3) is 7.19. The molecule has 1 aliphatic heterocycles. The Hall–Kier alpha value is 0.0748. The summed E-state index contributed by atoms with van der Waals surface area (Å²) < 4.78 is 2.23. The van der Waals surface area contributed by atoms with Crippen molar-refractivity contribution in [2.45, 2.75) is 77.0 Å². The zero-order valence-corrected chi connectivity index (χ0v) is 12.9. The van der Waals surface area contributed by atoms with Crippen LogP contribution < -0.4 is 10.3 Å².